The van der Waals surface area contributed by atoms with Crippen LogP contribution in [0.1, 0.15) is 31.5 Å². The van der Waals surface area contributed by atoms with Crippen LogP contribution in [0.15, 0.2) is 40.8 Å². The van der Waals surface area contributed by atoms with Gasteiger partial charge in [-0.15, -0.1) is 11.3 Å². The minimum absolute atomic E-state index is 0.172. The van der Waals surface area contributed by atoms with E-state index in [1.54, 1.807) is 38.2 Å². The molecule has 2 N–H and O–H groups in total. The first kappa shape index (κ1) is 16.9. The molecule has 2 aromatic heterocycles. The molecule has 0 unspecified atom stereocenters. The summed E-state index contributed by atoms with van der Waals surface area (Å²) in [5.74, 6) is 1.04. The lowest BCUT2D eigenvalue weighted by Gasteiger charge is -2.05. The van der Waals surface area contributed by atoms with Crippen molar-refractivity contribution in [2.24, 2.45) is 0 Å². The summed E-state index contributed by atoms with van der Waals surface area (Å²) in [5.41, 5.74) is 1.79. The van der Waals surface area contributed by atoms with Gasteiger partial charge in [-0.1, -0.05) is 0 Å². The highest BCUT2D eigenvalue weighted by molar-refractivity contribution is 7.17. The van der Waals surface area contributed by atoms with E-state index in [1.165, 1.54) is 11.3 Å². The van der Waals surface area contributed by atoms with Crippen LogP contribution < -0.4 is 10.6 Å². The molecule has 0 radical (unpaired) electrons. The molecular formula is C18H17N3O3S. The molecule has 0 aliphatic carbocycles. The SMILES string of the molecule is CNC(=O)c1ccc(NC(=O)c2sc(-c3ccc(C)o3)nc2C)cc1. The molecule has 25 heavy (non-hydrogen) atoms. The monoisotopic (exact) mass is 355 g/mol. The maximum atomic E-state index is 12.5. The van der Waals surface area contributed by atoms with Crippen LogP contribution in [0.2, 0.25) is 0 Å². The van der Waals surface area contributed by atoms with Crippen LogP contribution in [-0.4, -0.2) is 23.8 Å². The Hall–Kier alpha value is -2.93. The Bertz CT molecular complexity index is 925. The number of benzene rings is 1. The van der Waals surface area contributed by atoms with E-state index in [2.05, 4.69) is 15.6 Å². The molecule has 0 aliphatic heterocycles. The van der Waals surface area contributed by atoms with E-state index in [9.17, 15) is 9.59 Å². The van der Waals surface area contributed by atoms with Crippen molar-refractivity contribution < 1.29 is 14.0 Å². The maximum Gasteiger partial charge on any atom is 0.267 e. The molecule has 0 fully saturated rings. The molecule has 2 amide bonds. The lowest BCUT2D eigenvalue weighted by molar-refractivity contribution is 0.0962. The Morgan fingerprint density at radius 1 is 1.04 bits per heavy atom. The number of anilines is 1. The summed E-state index contributed by atoms with van der Waals surface area (Å²) in [6, 6.07) is 10.4. The standard InChI is InChI=1S/C18H17N3O3S/c1-10-4-9-14(24-10)18-20-11(2)15(25-18)17(23)21-13-7-5-12(6-8-13)16(22)19-3/h4-9H,1-3H3,(H,19,22)(H,21,23). The molecule has 3 rings (SSSR count). The molecule has 3 aromatic rings. The number of hydrogen-bond acceptors (Lipinski definition) is 5. The Balaban J connectivity index is 1.77. The smallest absolute Gasteiger partial charge is 0.267 e. The van der Waals surface area contributed by atoms with Gasteiger partial charge in [0.05, 0.1) is 5.69 Å². The van der Waals surface area contributed by atoms with Gasteiger partial charge in [0.15, 0.2) is 10.8 Å². The van der Waals surface area contributed by atoms with Gasteiger partial charge >= 0.3 is 0 Å². The van der Waals surface area contributed by atoms with E-state index in [0.29, 0.717) is 32.6 Å². The molecule has 128 valence electrons. The number of thiazole rings is 1. The van der Waals surface area contributed by atoms with Crippen LogP contribution in [0.25, 0.3) is 10.8 Å². The molecule has 0 atom stereocenters. The highest BCUT2D eigenvalue weighted by Gasteiger charge is 2.18. The second kappa shape index (κ2) is 6.90. The zero-order valence-electron chi connectivity index (χ0n) is 14.0. The third kappa shape index (κ3) is 3.61. The highest BCUT2D eigenvalue weighted by atomic mass is 32.1. The fourth-order valence-corrected chi connectivity index (χ4v) is 3.22. The first-order valence-corrected chi connectivity index (χ1v) is 8.47. The predicted octanol–water partition coefficient (Wildman–Crippen LogP) is 3.63. The molecule has 1 aromatic carbocycles. The molecule has 7 heteroatoms. The fraction of sp³-hybridized carbons (Fsp3) is 0.167. The minimum Gasteiger partial charge on any atom is -0.459 e. The van der Waals surface area contributed by atoms with Crippen LogP contribution in [0.5, 0.6) is 0 Å². The summed E-state index contributed by atoms with van der Waals surface area (Å²) in [5, 5.41) is 6.05. The summed E-state index contributed by atoms with van der Waals surface area (Å²) in [7, 11) is 1.57. The van der Waals surface area contributed by atoms with Crippen molar-refractivity contribution >= 4 is 28.8 Å². The van der Waals surface area contributed by atoms with Gasteiger partial charge in [0.2, 0.25) is 0 Å². The van der Waals surface area contributed by atoms with Crippen molar-refractivity contribution in [3.63, 3.8) is 0 Å². The van der Waals surface area contributed by atoms with Gasteiger partial charge in [0.25, 0.3) is 11.8 Å². The van der Waals surface area contributed by atoms with Gasteiger partial charge in [-0.05, 0) is 50.2 Å². The van der Waals surface area contributed by atoms with Crippen molar-refractivity contribution in [3.05, 3.63) is 58.3 Å². The summed E-state index contributed by atoms with van der Waals surface area (Å²) >= 11 is 1.28. The lowest BCUT2D eigenvalue weighted by atomic mass is 10.2. The van der Waals surface area contributed by atoms with Crippen LogP contribution in [0.4, 0.5) is 5.69 Å². The van der Waals surface area contributed by atoms with Gasteiger partial charge in [0.1, 0.15) is 10.6 Å². The van der Waals surface area contributed by atoms with Gasteiger partial charge in [-0.3, -0.25) is 9.59 Å². The first-order valence-electron chi connectivity index (χ1n) is 7.65. The molecule has 0 bridgehead atoms. The maximum absolute atomic E-state index is 12.5. The zero-order valence-corrected chi connectivity index (χ0v) is 14.9. The first-order chi connectivity index (χ1) is 12.0. The largest absolute Gasteiger partial charge is 0.459 e. The van der Waals surface area contributed by atoms with Crippen molar-refractivity contribution in [1.29, 1.82) is 0 Å². The number of rotatable bonds is 4. The Morgan fingerprint density at radius 3 is 2.36 bits per heavy atom. The van der Waals surface area contributed by atoms with E-state index in [1.807, 2.05) is 19.1 Å². The average Bonchev–Trinajstić information content (AvgIpc) is 3.20. The minimum atomic E-state index is -0.239. The third-order valence-corrected chi connectivity index (χ3v) is 4.76. The Morgan fingerprint density at radius 2 is 1.76 bits per heavy atom. The van der Waals surface area contributed by atoms with Crippen LogP contribution >= 0.6 is 11.3 Å². The average molecular weight is 355 g/mol. The summed E-state index contributed by atoms with van der Waals surface area (Å²) in [6.45, 7) is 3.65. The number of hydrogen-bond donors (Lipinski definition) is 2. The van der Waals surface area contributed by atoms with E-state index < -0.39 is 0 Å². The predicted molar refractivity (Wildman–Crippen MR) is 97.1 cm³/mol. The number of aromatic nitrogens is 1. The molecule has 6 nitrogen and oxygen atoms in total. The van der Waals surface area contributed by atoms with Crippen molar-refractivity contribution in [3.8, 4) is 10.8 Å². The van der Waals surface area contributed by atoms with Gasteiger partial charge < -0.3 is 15.1 Å². The van der Waals surface area contributed by atoms with Gasteiger partial charge in [-0.2, -0.15) is 0 Å². The quantitative estimate of drug-likeness (QED) is 0.748. The number of nitrogens with zero attached hydrogens (tertiary/aromatic N) is 1. The fourth-order valence-electron chi connectivity index (χ4n) is 2.30. The number of carbonyl (C=O) groups excluding carboxylic acids is 2. The van der Waals surface area contributed by atoms with Gasteiger partial charge in [0, 0.05) is 18.3 Å². The number of nitrogens with one attached hydrogen (secondary N) is 2. The summed E-state index contributed by atoms with van der Waals surface area (Å²) < 4.78 is 5.56. The molecule has 0 saturated heterocycles. The topological polar surface area (TPSA) is 84.2 Å². The van der Waals surface area contributed by atoms with E-state index in [0.717, 1.165) is 5.76 Å². The molecule has 0 spiro atoms. The molecule has 2 heterocycles. The van der Waals surface area contributed by atoms with E-state index >= 15 is 0 Å². The van der Waals surface area contributed by atoms with Crippen molar-refractivity contribution in [1.82, 2.24) is 10.3 Å². The van der Waals surface area contributed by atoms with Crippen molar-refractivity contribution in [2.75, 3.05) is 12.4 Å². The number of amides is 2. The summed E-state index contributed by atoms with van der Waals surface area (Å²) in [6.07, 6.45) is 0. The van der Waals surface area contributed by atoms with Crippen LogP contribution in [0.3, 0.4) is 0 Å². The number of carbonyl (C=O) groups is 2. The number of furan rings is 1. The normalized spacial score (nSPS) is 10.5. The molecular weight excluding hydrogens is 338 g/mol. The third-order valence-electron chi connectivity index (χ3n) is 3.59. The lowest BCUT2D eigenvalue weighted by Crippen LogP contribution is -2.17. The summed E-state index contributed by atoms with van der Waals surface area (Å²) in [4.78, 5) is 29.0. The van der Waals surface area contributed by atoms with Crippen molar-refractivity contribution in [2.45, 2.75) is 13.8 Å². The second-order valence-corrected chi connectivity index (χ2v) is 6.45. The molecule has 0 aliphatic rings. The van der Waals surface area contributed by atoms with Crippen LogP contribution in [0, 0.1) is 13.8 Å². The second-order valence-electron chi connectivity index (χ2n) is 5.45. The van der Waals surface area contributed by atoms with Gasteiger partial charge in [-0.25, -0.2) is 4.98 Å². The van der Waals surface area contributed by atoms with E-state index in [4.69, 9.17) is 4.42 Å². The van der Waals surface area contributed by atoms with E-state index in [-0.39, 0.29) is 11.8 Å². The molecule has 0 saturated carbocycles. The highest BCUT2D eigenvalue weighted by Crippen LogP contribution is 2.29. The van der Waals surface area contributed by atoms with Crippen LogP contribution in [-0.2, 0) is 0 Å². The zero-order chi connectivity index (χ0) is 18.0. The number of aryl methyl sites for hydroxylation is 2. The Kier molecular flexibility index (Phi) is 4.67. The Labute approximate surface area is 148 Å².